The van der Waals surface area contributed by atoms with Crippen molar-refractivity contribution in [2.45, 2.75) is 25.8 Å². The van der Waals surface area contributed by atoms with Gasteiger partial charge in [0.15, 0.2) is 0 Å². The maximum Gasteiger partial charge on any atom is 0.264 e. The van der Waals surface area contributed by atoms with Crippen LogP contribution in [0.1, 0.15) is 39.7 Å². The quantitative estimate of drug-likeness (QED) is 0.870. The molecule has 1 aliphatic rings. The number of thiophene rings is 1. The van der Waals surface area contributed by atoms with Crippen LogP contribution in [0, 0.1) is 6.92 Å². The van der Waals surface area contributed by atoms with Crippen LogP contribution in [0.15, 0.2) is 29.8 Å². The van der Waals surface area contributed by atoms with Crippen LogP contribution in [0.5, 0.6) is 0 Å². The second-order valence-corrected chi connectivity index (χ2v) is 6.90. The maximum absolute atomic E-state index is 12.8. The summed E-state index contributed by atoms with van der Waals surface area (Å²) in [4.78, 5) is 22.0. The summed E-state index contributed by atoms with van der Waals surface area (Å²) in [5.41, 5.74) is 2.33. The van der Waals surface area contributed by atoms with E-state index < -0.39 is 0 Å². The second kappa shape index (κ2) is 6.08. The van der Waals surface area contributed by atoms with Crippen LogP contribution < -0.4 is 4.90 Å². The third-order valence-corrected chi connectivity index (χ3v) is 5.10. The topological polar surface area (TPSA) is 36.4 Å². The molecule has 2 aromatic rings. The molecular weight excluding hydrogens is 294 g/mol. The molecule has 3 heterocycles. The first-order chi connectivity index (χ1) is 10.6. The number of anilines is 1. The van der Waals surface area contributed by atoms with Crippen molar-refractivity contribution in [1.82, 2.24) is 9.88 Å². The molecule has 2 aromatic heterocycles. The van der Waals surface area contributed by atoms with Crippen molar-refractivity contribution >= 4 is 23.1 Å². The number of pyridine rings is 1. The number of aryl methyl sites for hydroxylation is 1. The van der Waals surface area contributed by atoms with Gasteiger partial charge >= 0.3 is 0 Å². The van der Waals surface area contributed by atoms with Gasteiger partial charge in [-0.1, -0.05) is 0 Å². The van der Waals surface area contributed by atoms with Crippen molar-refractivity contribution in [3.8, 4) is 0 Å². The van der Waals surface area contributed by atoms with Gasteiger partial charge in [0.2, 0.25) is 0 Å². The summed E-state index contributed by atoms with van der Waals surface area (Å²) in [6, 6.07) is 6.27. The molecule has 116 valence electrons. The first-order valence-electron chi connectivity index (χ1n) is 7.55. The number of rotatable bonds is 3. The number of nitrogens with zero attached hydrogens (tertiary/aromatic N) is 3. The van der Waals surface area contributed by atoms with Crippen molar-refractivity contribution in [2.75, 3.05) is 25.5 Å². The molecule has 3 rings (SSSR count). The van der Waals surface area contributed by atoms with Gasteiger partial charge in [-0.15, -0.1) is 11.3 Å². The molecule has 5 heteroatoms. The standard InChI is InChI=1S/C17H21N3OS/c1-12-9-15(22-11-12)17(21)20-8-4-5-14(20)13-6-7-18-16(10-13)19(2)3/h6-7,9-11,14H,4-5,8H2,1-3H3. The molecule has 0 aliphatic carbocycles. The van der Waals surface area contributed by atoms with E-state index in [0.29, 0.717) is 0 Å². The Morgan fingerprint density at radius 2 is 2.23 bits per heavy atom. The van der Waals surface area contributed by atoms with E-state index in [1.54, 1.807) is 0 Å². The Morgan fingerprint density at radius 1 is 1.41 bits per heavy atom. The molecule has 1 amide bonds. The normalized spacial score (nSPS) is 17.8. The molecule has 0 aromatic carbocycles. The maximum atomic E-state index is 12.8. The van der Waals surface area contributed by atoms with E-state index in [1.807, 2.05) is 54.5 Å². The van der Waals surface area contributed by atoms with Crippen LogP contribution in [-0.4, -0.2) is 36.4 Å². The van der Waals surface area contributed by atoms with Crippen LogP contribution in [0.4, 0.5) is 5.82 Å². The van der Waals surface area contributed by atoms with Gasteiger partial charge in [-0.25, -0.2) is 4.98 Å². The van der Waals surface area contributed by atoms with Crippen molar-refractivity contribution < 1.29 is 4.79 Å². The van der Waals surface area contributed by atoms with Gasteiger partial charge in [-0.05, 0) is 54.5 Å². The molecule has 1 saturated heterocycles. The molecular formula is C17H21N3OS. The average molecular weight is 315 g/mol. The molecule has 0 N–H and O–H groups in total. The number of hydrogen-bond donors (Lipinski definition) is 0. The van der Waals surface area contributed by atoms with Gasteiger partial charge in [0.25, 0.3) is 5.91 Å². The van der Waals surface area contributed by atoms with Crippen molar-refractivity contribution in [2.24, 2.45) is 0 Å². The first kappa shape index (κ1) is 15.0. The Hall–Kier alpha value is -1.88. The van der Waals surface area contributed by atoms with Gasteiger partial charge in [-0.2, -0.15) is 0 Å². The third kappa shape index (κ3) is 2.86. The summed E-state index contributed by atoms with van der Waals surface area (Å²) in [7, 11) is 3.97. The zero-order chi connectivity index (χ0) is 15.7. The Labute approximate surface area is 135 Å². The summed E-state index contributed by atoms with van der Waals surface area (Å²) in [6.07, 6.45) is 3.91. The van der Waals surface area contributed by atoms with Gasteiger partial charge in [0, 0.05) is 26.8 Å². The van der Waals surface area contributed by atoms with E-state index in [9.17, 15) is 4.79 Å². The highest BCUT2D eigenvalue weighted by Crippen LogP contribution is 2.34. The van der Waals surface area contributed by atoms with Crippen LogP contribution in [0.2, 0.25) is 0 Å². The molecule has 22 heavy (non-hydrogen) atoms. The summed E-state index contributed by atoms with van der Waals surface area (Å²) in [5.74, 6) is 1.09. The van der Waals surface area contributed by atoms with Gasteiger partial charge < -0.3 is 9.80 Å². The number of aromatic nitrogens is 1. The third-order valence-electron chi connectivity index (χ3n) is 4.07. The molecule has 0 bridgehead atoms. The highest BCUT2D eigenvalue weighted by Gasteiger charge is 2.31. The van der Waals surface area contributed by atoms with Gasteiger partial charge in [0.1, 0.15) is 5.82 Å². The number of carbonyl (C=O) groups is 1. The number of amides is 1. The highest BCUT2D eigenvalue weighted by molar-refractivity contribution is 7.12. The largest absolute Gasteiger partial charge is 0.363 e. The zero-order valence-corrected chi connectivity index (χ0v) is 14.1. The fourth-order valence-electron chi connectivity index (χ4n) is 2.93. The summed E-state index contributed by atoms with van der Waals surface area (Å²) >= 11 is 1.54. The summed E-state index contributed by atoms with van der Waals surface area (Å²) < 4.78 is 0. The van der Waals surface area contributed by atoms with E-state index in [0.717, 1.165) is 35.6 Å². The summed E-state index contributed by atoms with van der Waals surface area (Å²) in [5, 5.41) is 2.04. The molecule has 1 atom stereocenters. The lowest BCUT2D eigenvalue weighted by Gasteiger charge is -2.25. The molecule has 1 aliphatic heterocycles. The minimum atomic E-state index is 0.156. The molecule has 4 nitrogen and oxygen atoms in total. The zero-order valence-electron chi connectivity index (χ0n) is 13.2. The Kier molecular flexibility index (Phi) is 4.16. The monoisotopic (exact) mass is 315 g/mol. The fourth-order valence-corrected chi connectivity index (χ4v) is 3.78. The Morgan fingerprint density at radius 3 is 2.91 bits per heavy atom. The second-order valence-electron chi connectivity index (χ2n) is 5.99. The van der Waals surface area contributed by atoms with E-state index in [-0.39, 0.29) is 11.9 Å². The van der Waals surface area contributed by atoms with E-state index >= 15 is 0 Å². The smallest absolute Gasteiger partial charge is 0.264 e. The van der Waals surface area contributed by atoms with Gasteiger partial charge in [0.05, 0.1) is 10.9 Å². The van der Waals surface area contributed by atoms with Crippen molar-refractivity contribution in [3.05, 3.63) is 45.8 Å². The number of likely N-dealkylation sites (tertiary alicyclic amines) is 1. The summed E-state index contributed by atoms with van der Waals surface area (Å²) in [6.45, 7) is 2.86. The van der Waals surface area contributed by atoms with E-state index in [4.69, 9.17) is 0 Å². The molecule has 0 saturated carbocycles. The van der Waals surface area contributed by atoms with Crippen molar-refractivity contribution in [3.63, 3.8) is 0 Å². The van der Waals surface area contributed by atoms with Crippen LogP contribution in [-0.2, 0) is 0 Å². The average Bonchev–Trinajstić information content (AvgIpc) is 3.15. The molecule has 1 fully saturated rings. The minimum Gasteiger partial charge on any atom is -0.363 e. The fraction of sp³-hybridized carbons (Fsp3) is 0.412. The highest BCUT2D eigenvalue weighted by atomic mass is 32.1. The van der Waals surface area contributed by atoms with Crippen molar-refractivity contribution in [1.29, 1.82) is 0 Å². The van der Waals surface area contributed by atoms with E-state index in [2.05, 4.69) is 11.1 Å². The Balaban J connectivity index is 1.87. The lowest BCUT2D eigenvalue weighted by atomic mass is 10.1. The van der Waals surface area contributed by atoms with E-state index in [1.165, 1.54) is 16.9 Å². The predicted octanol–water partition coefficient (Wildman–Crippen LogP) is 3.49. The lowest BCUT2D eigenvalue weighted by Crippen LogP contribution is -2.30. The lowest BCUT2D eigenvalue weighted by molar-refractivity contribution is 0.0740. The minimum absolute atomic E-state index is 0.156. The number of carbonyl (C=O) groups excluding carboxylic acids is 1. The Bertz CT molecular complexity index is 680. The predicted molar refractivity (Wildman–Crippen MR) is 90.6 cm³/mol. The molecule has 0 radical (unpaired) electrons. The van der Waals surface area contributed by atoms with Crippen LogP contribution in [0.3, 0.4) is 0 Å². The SMILES string of the molecule is Cc1csc(C(=O)N2CCCC2c2ccnc(N(C)C)c2)c1. The number of hydrogen-bond acceptors (Lipinski definition) is 4. The first-order valence-corrected chi connectivity index (χ1v) is 8.43. The van der Waals surface area contributed by atoms with Gasteiger partial charge in [-0.3, -0.25) is 4.79 Å². The molecule has 0 spiro atoms. The van der Waals surface area contributed by atoms with Crippen LogP contribution in [0.25, 0.3) is 0 Å². The van der Waals surface area contributed by atoms with Crippen LogP contribution >= 0.6 is 11.3 Å². The molecule has 1 unspecified atom stereocenters.